The van der Waals surface area contributed by atoms with E-state index in [0.29, 0.717) is 24.3 Å². The minimum absolute atomic E-state index is 0.208. The molecule has 0 bridgehead atoms. The van der Waals surface area contributed by atoms with Crippen molar-refractivity contribution < 1.29 is 14.7 Å². The zero-order chi connectivity index (χ0) is 15.4. The van der Waals surface area contributed by atoms with E-state index < -0.39 is 0 Å². The van der Waals surface area contributed by atoms with Gasteiger partial charge in [0.1, 0.15) is 18.1 Å². The van der Waals surface area contributed by atoms with Gasteiger partial charge in [0.05, 0.1) is 0 Å². The lowest BCUT2D eigenvalue weighted by Crippen LogP contribution is -2.13. The van der Waals surface area contributed by atoms with Gasteiger partial charge in [-0.05, 0) is 42.5 Å². The molecule has 2 aromatic carbocycles. The van der Waals surface area contributed by atoms with Gasteiger partial charge >= 0.3 is 0 Å². The number of rotatable bonds is 3. The molecule has 1 N–H and O–H groups in total. The van der Waals surface area contributed by atoms with Gasteiger partial charge in [-0.1, -0.05) is 41.6 Å². The van der Waals surface area contributed by atoms with E-state index >= 15 is 0 Å². The number of hydrogen-bond acceptors (Lipinski definition) is 4. The predicted octanol–water partition coefficient (Wildman–Crippen LogP) is 3.61. The maximum absolute atomic E-state index is 12.3. The number of carbonyl (C=O) groups excluding carboxylic acids is 1. The molecule has 22 heavy (non-hydrogen) atoms. The van der Waals surface area contributed by atoms with E-state index in [4.69, 9.17) is 9.94 Å². The second-order valence-electron chi connectivity index (χ2n) is 5.32. The number of ether oxygens (including phenoxy) is 1. The van der Waals surface area contributed by atoms with E-state index in [-0.39, 0.29) is 11.5 Å². The summed E-state index contributed by atoms with van der Waals surface area (Å²) in [4.78, 5) is 12.3. The van der Waals surface area contributed by atoms with Crippen molar-refractivity contribution in [1.82, 2.24) is 0 Å². The van der Waals surface area contributed by atoms with Gasteiger partial charge in [0.15, 0.2) is 0 Å². The Bertz CT molecular complexity index is 708. The first kappa shape index (κ1) is 14.3. The standard InChI is InChI=1S/C18H17NO3/c20-18-16-11-15(22-12-13-5-2-1-3-6-13)10-9-14(16)7-4-8-17(18)19-21/h1-3,5-6,9-11,21H,4,7-8,12H2/b19-17-. The number of carbonyl (C=O) groups is 1. The summed E-state index contributed by atoms with van der Waals surface area (Å²) in [7, 11) is 0. The van der Waals surface area contributed by atoms with Gasteiger partial charge in [0, 0.05) is 5.56 Å². The quantitative estimate of drug-likeness (QED) is 0.534. The number of oxime groups is 1. The maximum atomic E-state index is 12.3. The number of benzene rings is 2. The van der Waals surface area contributed by atoms with Crippen LogP contribution in [-0.4, -0.2) is 16.7 Å². The summed E-state index contributed by atoms with van der Waals surface area (Å²) >= 11 is 0. The average Bonchev–Trinajstić information content (AvgIpc) is 2.73. The fourth-order valence-electron chi connectivity index (χ4n) is 2.63. The highest BCUT2D eigenvalue weighted by atomic mass is 16.5. The summed E-state index contributed by atoms with van der Waals surface area (Å²) < 4.78 is 5.76. The third-order valence-electron chi connectivity index (χ3n) is 3.82. The summed E-state index contributed by atoms with van der Waals surface area (Å²) in [6, 6.07) is 15.4. The molecule has 0 saturated carbocycles. The average molecular weight is 295 g/mol. The van der Waals surface area contributed by atoms with E-state index in [0.717, 1.165) is 24.0 Å². The molecule has 0 radical (unpaired) electrons. The lowest BCUT2D eigenvalue weighted by Gasteiger charge is -2.10. The summed E-state index contributed by atoms with van der Waals surface area (Å²) in [5.41, 5.74) is 2.85. The molecule has 1 aliphatic carbocycles. The van der Waals surface area contributed by atoms with Crippen LogP contribution in [0.5, 0.6) is 5.75 Å². The minimum atomic E-state index is -0.208. The Balaban J connectivity index is 1.82. The van der Waals surface area contributed by atoms with Crippen LogP contribution in [-0.2, 0) is 13.0 Å². The van der Waals surface area contributed by atoms with Crippen LogP contribution in [0.1, 0.15) is 34.3 Å². The van der Waals surface area contributed by atoms with Crippen LogP contribution in [0.15, 0.2) is 53.7 Å². The first-order valence-electron chi connectivity index (χ1n) is 7.33. The second kappa shape index (κ2) is 6.43. The van der Waals surface area contributed by atoms with Crippen molar-refractivity contribution in [3.05, 3.63) is 65.2 Å². The highest BCUT2D eigenvalue weighted by Gasteiger charge is 2.22. The van der Waals surface area contributed by atoms with Crippen molar-refractivity contribution in [2.24, 2.45) is 5.16 Å². The molecular weight excluding hydrogens is 278 g/mol. The van der Waals surface area contributed by atoms with E-state index in [9.17, 15) is 4.79 Å². The largest absolute Gasteiger partial charge is 0.489 e. The molecule has 1 aliphatic rings. The number of Topliss-reactive ketones (excluding diaryl/α,β-unsaturated/α-hetero) is 1. The van der Waals surface area contributed by atoms with Crippen LogP contribution in [0.2, 0.25) is 0 Å². The zero-order valence-electron chi connectivity index (χ0n) is 12.2. The Hall–Kier alpha value is -2.62. The minimum Gasteiger partial charge on any atom is -0.489 e. The molecule has 0 heterocycles. The fourth-order valence-corrected chi connectivity index (χ4v) is 2.63. The predicted molar refractivity (Wildman–Crippen MR) is 83.7 cm³/mol. The van der Waals surface area contributed by atoms with Crippen LogP contribution in [0.4, 0.5) is 0 Å². The molecule has 0 amide bonds. The Morgan fingerprint density at radius 2 is 1.91 bits per heavy atom. The Kier molecular flexibility index (Phi) is 4.19. The highest BCUT2D eigenvalue weighted by Crippen LogP contribution is 2.24. The van der Waals surface area contributed by atoms with E-state index in [1.165, 1.54) is 0 Å². The van der Waals surface area contributed by atoms with Gasteiger partial charge in [0.2, 0.25) is 5.78 Å². The number of ketones is 1. The Morgan fingerprint density at radius 1 is 1.09 bits per heavy atom. The zero-order valence-corrected chi connectivity index (χ0v) is 12.2. The van der Waals surface area contributed by atoms with Crippen molar-refractivity contribution in [1.29, 1.82) is 0 Å². The number of aryl methyl sites for hydroxylation is 1. The van der Waals surface area contributed by atoms with Crippen molar-refractivity contribution in [3.8, 4) is 5.75 Å². The van der Waals surface area contributed by atoms with Crippen LogP contribution in [0, 0.1) is 0 Å². The molecule has 0 aromatic heterocycles. The summed E-state index contributed by atoms with van der Waals surface area (Å²) in [6.07, 6.45) is 2.12. The normalized spacial score (nSPS) is 16.2. The molecule has 0 aliphatic heterocycles. The van der Waals surface area contributed by atoms with Gasteiger partial charge < -0.3 is 9.94 Å². The molecule has 0 saturated heterocycles. The van der Waals surface area contributed by atoms with Gasteiger partial charge in [0.25, 0.3) is 0 Å². The number of nitrogens with zero attached hydrogens (tertiary/aromatic N) is 1. The molecule has 2 aromatic rings. The van der Waals surface area contributed by atoms with Crippen LogP contribution < -0.4 is 4.74 Å². The number of hydrogen-bond donors (Lipinski definition) is 1. The van der Waals surface area contributed by atoms with Crippen LogP contribution >= 0.6 is 0 Å². The van der Waals surface area contributed by atoms with Crippen molar-refractivity contribution in [2.45, 2.75) is 25.9 Å². The molecule has 0 fully saturated rings. The van der Waals surface area contributed by atoms with Crippen molar-refractivity contribution in [3.63, 3.8) is 0 Å². The van der Waals surface area contributed by atoms with Gasteiger partial charge in [-0.15, -0.1) is 0 Å². The topological polar surface area (TPSA) is 58.9 Å². The summed E-state index contributed by atoms with van der Waals surface area (Å²) in [5, 5.41) is 12.1. The van der Waals surface area contributed by atoms with Crippen LogP contribution in [0.25, 0.3) is 0 Å². The van der Waals surface area contributed by atoms with E-state index in [1.807, 2.05) is 42.5 Å². The lowest BCUT2D eigenvalue weighted by molar-refractivity contribution is 0.105. The molecule has 0 unspecified atom stereocenters. The van der Waals surface area contributed by atoms with Crippen molar-refractivity contribution >= 4 is 11.5 Å². The van der Waals surface area contributed by atoms with Gasteiger partial charge in [-0.2, -0.15) is 0 Å². The molecule has 3 rings (SSSR count). The number of fused-ring (bicyclic) bond motifs is 1. The summed E-state index contributed by atoms with van der Waals surface area (Å²) in [6.45, 7) is 0.453. The van der Waals surface area contributed by atoms with Gasteiger partial charge in [-0.25, -0.2) is 0 Å². The molecule has 0 atom stereocenters. The first-order valence-corrected chi connectivity index (χ1v) is 7.33. The lowest BCUT2D eigenvalue weighted by atomic mass is 10.0. The Labute approximate surface area is 129 Å². The third kappa shape index (κ3) is 3.01. The third-order valence-corrected chi connectivity index (χ3v) is 3.82. The molecule has 0 spiro atoms. The molecule has 112 valence electrons. The molecule has 4 heteroatoms. The van der Waals surface area contributed by atoms with E-state index in [2.05, 4.69) is 5.16 Å². The summed E-state index contributed by atoms with van der Waals surface area (Å²) in [5.74, 6) is 0.440. The van der Waals surface area contributed by atoms with Crippen molar-refractivity contribution in [2.75, 3.05) is 0 Å². The van der Waals surface area contributed by atoms with Crippen LogP contribution in [0.3, 0.4) is 0 Å². The monoisotopic (exact) mass is 295 g/mol. The van der Waals surface area contributed by atoms with E-state index in [1.54, 1.807) is 6.07 Å². The molecule has 4 nitrogen and oxygen atoms in total. The Morgan fingerprint density at radius 3 is 2.68 bits per heavy atom. The maximum Gasteiger partial charge on any atom is 0.210 e. The second-order valence-corrected chi connectivity index (χ2v) is 5.32. The van der Waals surface area contributed by atoms with Gasteiger partial charge in [-0.3, -0.25) is 4.79 Å². The highest BCUT2D eigenvalue weighted by molar-refractivity contribution is 6.46. The fraction of sp³-hybridized carbons (Fsp3) is 0.222. The molecular formula is C18H17NO3. The first-order chi connectivity index (χ1) is 10.8. The SMILES string of the molecule is O=C1/C(=N\O)CCCc2ccc(OCc3ccccc3)cc21. The smallest absolute Gasteiger partial charge is 0.210 e.